The third-order valence-electron chi connectivity index (χ3n) is 11.9. The van der Waals surface area contributed by atoms with E-state index in [4.69, 9.17) is 49.4 Å². The Kier molecular flexibility index (Phi) is 17.7. The highest BCUT2D eigenvalue weighted by Crippen LogP contribution is 2.51. The fourth-order valence-corrected chi connectivity index (χ4v) is 11.8. The van der Waals surface area contributed by atoms with Gasteiger partial charge in [0, 0.05) is 66.4 Å². The molecule has 5 N–H and O–H groups in total. The highest BCUT2D eigenvalue weighted by Gasteiger charge is 2.67. The van der Waals surface area contributed by atoms with Crippen LogP contribution in [0.2, 0.25) is 0 Å². The first kappa shape index (κ1) is 54.4. The number of phenolic OH excluding ortho intramolecular Hbond substituents is 1. The third kappa shape index (κ3) is 11.7. The monoisotopic (exact) mass is 1070 g/mol. The largest absolute Gasteiger partial charge is 0.507 e. The number of methoxy groups -OCH3 is 4. The van der Waals surface area contributed by atoms with Crippen LogP contribution in [0.1, 0.15) is 28.0 Å². The summed E-state index contributed by atoms with van der Waals surface area (Å²) in [6, 6.07) is 24.2. The van der Waals surface area contributed by atoms with E-state index in [1.165, 1.54) is 71.2 Å². The summed E-state index contributed by atoms with van der Waals surface area (Å²) in [6.45, 7) is -0.669. The molecule has 21 nitrogen and oxygen atoms in total. The summed E-state index contributed by atoms with van der Waals surface area (Å²) in [5.74, 6) is -1.02. The number of nitrogens with two attached hydrogens (primary N) is 2. The van der Waals surface area contributed by atoms with Crippen molar-refractivity contribution in [2.45, 2.75) is 48.1 Å². The number of esters is 2. The summed E-state index contributed by atoms with van der Waals surface area (Å²) in [7, 11) is 5.82. The molecule has 3 aromatic carbocycles. The molecule has 24 heteroatoms. The van der Waals surface area contributed by atoms with Gasteiger partial charge in [-0.3, -0.25) is 24.2 Å². The number of nitrogens with zero attached hydrogens (tertiary/aromatic N) is 3. The van der Waals surface area contributed by atoms with Crippen LogP contribution in [0.15, 0.2) is 118 Å². The van der Waals surface area contributed by atoms with Crippen molar-refractivity contribution in [3.8, 4) is 17.2 Å². The number of primary amides is 2. The smallest absolute Gasteiger partial charge is 0.404 e. The van der Waals surface area contributed by atoms with Gasteiger partial charge in [-0.15, -0.1) is 34.9 Å². The lowest BCUT2D eigenvalue weighted by atomic mass is 9.84. The molecular weight excluding hydrogens is 1020 g/mol. The molecule has 0 saturated carbocycles. The molecule has 4 amide bonds. The molecular formula is C50H51N5O16S3. The normalized spacial score (nSPS) is 20.8. The number of rotatable bonds is 20. The number of β-lactam (4-membered cyclic amide) rings is 2. The SMILES string of the molecule is COc1ccc(COC(=O)C2=C(COC(N)=O)CSC3N2C(=O)[C@]3(CC(=O)Cc2cccs2)OC)cc1.COc1ccc(COC(=O)C2=C(COC(N)=O)CSC3N2C(=O)[C@]3(N=Cc2ccccc2O)OC)cc1. The van der Waals surface area contributed by atoms with Gasteiger partial charge in [0.05, 0.1) is 14.2 Å². The number of hydrogen-bond donors (Lipinski definition) is 3. The Morgan fingerprint density at radius 1 is 0.676 bits per heavy atom. The highest BCUT2D eigenvalue weighted by atomic mass is 32.2. The van der Waals surface area contributed by atoms with E-state index < -0.39 is 58.0 Å². The van der Waals surface area contributed by atoms with Crippen LogP contribution >= 0.6 is 34.9 Å². The van der Waals surface area contributed by atoms with Crippen molar-refractivity contribution in [2.24, 2.45) is 16.5 Å². The zero-order chi connectivity index (χ0) is 53.2. The van der Waals surface area contributed by atoms with E-state index in [9.17, 15) is 38.7 Å². The molecule has 2 saturated heterocycles. The molecule has 4 atom stereocenters. The molecule has 0 bridgehead atoms. The Labute approximate surface area is 436 Å². The Balaban J connectivity index is 0.000000216. The van der Waals surface area contributed by atoms with Crippen molar-refractivity contribution in [1.82, 2.24) is 9.80 Å². The van der Waals surface area contributed by atoms with Crippen molar-refractivity contribution >= 4 is 82.8 Å². The minimum atomic E-state index is -1.62. The number of ketones is 1. The Morgan fingerprint density at radius 2 is 1.20 bits per heavy atom. The fraction of sp³-hybridized carbons (Fsp3) is 0.320. The van der Waals surface area contributed by atoms with Crippen LogP contribution in [-0.2, 0) is 72.0 Å². The van der Waals surface area contributed by atoms with E-state index in [1.807, 2.05) is 17.5 Å². The number of amides is 4. The number of carbonyl (C=O) groups is 7. The van der Waals surface area contributed by atoms with Crippen molar-refractivity contribution in [3.63, 3.8) is 0 Å². The second-order valence-electron chi connectivity index (χ2n) is 16.4. The molecule has 74 heavy (non-hydrogen) atoms. The number of ether oxygens (including phenoxy) is 8. The van der Waals surface area contributed by atoms with Crippen LogP contribution in [0.4, 0.5) is 9.59 Å². The van der Waals surface area contributed by atoms with Gasteiger partial charge in [-0.05, 0) is 59.0 Å². The summed E-state index contributed by atoms with van der Waals surface area (Å²) >= 11 is 4.06. The molecule has 390 valence electrons. The number of thiophene rings is 1. The number of benzene rings is 3. The van der Waals surface area contributed by atoms with Gasteiger partial charge >= 0.3 is 24.1 Å². The third-order valence-corrected chi connectivity index (χ3v) is 15.6. The molecule has 5 heterocycles. The van der Waals surface area contributed by atoms with Gasteiger partial charge < -0.3 is 54.5 Å². The predicted molar refractivity (Wildman–Crippen MR) is 270 cm³/mol. The molecule has 0 aliphatic carbocycles. The number of Topliss-reactive ketones (excluding diaryl/α,β-unsaturated/α-hetero) is 1. The predicted octanol–water partition coefficient (Wildman–Crippen LogP) is 4.82. The minimum absolute atomic E-state index is 0.00832. The topological polar surface area (TPSA) is 284 Å². The van der Waals surface area contributed by atoms with E-state index in [0.717, 1.165) is 4.88 Å². The minimum Gasteiger partial charge on any atom is -0.507 e. The summed E-state index contributed by atoms with van der Waals surface area (Å²) in [6.07, 6.45) is -0.607. The summed E-state index contributed by atoms with van der Waals surface area (Å²) in [5, 5.41) is 10.6. The lowest BCUT2D eigenvalue weighted by molar-refractivity contribution is -0.187. The standard InChI is InChI=1S/C25H25N3O8S.C25H26N2O8S2/c1-33-18-9-7-15(8-10-18)12-35-21(30)20-17(13-36-24(26)32)14-37-23-25(34-2,22(31)28(20)23)27-11-16-5-3-4-6-19(16)29;1-32-18-7-5-15(6-8-18)12-34-21(29)20-16(13-35-24(26)31)14-37-23-25(33-2,22(30)27(20)23)11-17(28)10-19-4-3-9-36-19/h3-11,23,29H,12-14H2,1-2H3,(H2,26,32);3-9,23H,10-14H2,1-2H3,(H2,26,31)/t2*23?,25-/m00/s1. The van der Waals surface area contributed by atoms with Crippen LogP contribution in [0.3, 0.4) is 0 Å². The van der Waals surface area contributed by atoms with Gasteiger partial charge in [-0.2, -0.15) is 0 Å². The number of hydrogen-bond acceptors (Lipinski definition) is 20. The van der Waals surface area contributed by atoms with Crippen molar-refractivity contribution < 1.29 is 76.6 Å². The molecule has 0 radical (unpaired) electrons. The van der Waals surface area contributed by atoms with E-state index in [-0.39, 0.29) is 73.7 Å². The highest BCUT2D eigenvalue weighted by molar-refractivity contribution is 8.00. The molecule has 1 aromatic heterocycles. The Morgan fingerprint density at radius 3 is 1.68 bits per heavy atom. The molecule has 0 spiro atoms. The molecule has 4 aliphatic rings. The Bertz CT molecular complexity index is 2860. The second-order valence-corrected chi connectivity index (χ2v) is 19.6. The lowest BCUT2D eigenvalue weighted by Gasteiger charge is -2.56. The van der Waals surface area contributed by atoms with E-state index in [2.05, 4.69) is 4.99 Å². The van der Waals surface area contributed by atoms with E-state index in [1.54, 1.807) is 80.9 Å². The lowest BCUT2D eigenvalue weighted by Crippen LogP contribution is -2.75. The number of aliphatic imine (C=N–C) groups is 1. The number of fused-ring (bicyclic) bond motifs is 2. The first-order chi connectivity index (χ1) is 35.6. The maximum Gasteiger partial charge on any atom is 0.404 e. The first-order valence-corrected chi connectivity index (χ1v) is 25.3. The number of phenols is 1. The molecule has 4 aliphatic heterocycles. The van der Waals surface area contributed by atoms with Gasteiger partial charge in [0.15, 0.2) is 5.60 Å². The second kappa shape index (κ2) is 24.1. The quantitative estimate of drug-likeness (QED) is 0.0463. The van der Waals surface area contributed by atoms with Gasteiger partial charge in [0.25, 0.3) is 17.5 Å². The van der Waals surface area contributed by atoms with Gasteiger partial charge in [-0.1, -0.05) is 42.5 Å². The zero-order valence-corrected chi connectivity index (χ0v) is 42.8. The van der Waals surface area contributed by atoms with E-state index >= 15 is 0 Å². The van der Waals surface area contributed by atoms with Crippen molar-refractivity contribution in [2.75, 3.05) is 53.2 Å². The molecule has 8 rings (SSSR count). The average molecular weight is 1070 g/mol. The van der Waals surface area contributed by atoms with Crippen molar-refractivity contribution in [1.29, 1.82) is 0 Å². The van der Waals surface area contributed by atoms with Crippen LogP contribution in [0.5, 0.6) is 17.2 Å². The Hall–Kier alpha value is -7.38. The molecule has 2 fully saturated rings. The number of para-hydroxylation sites is 1. The summed E-state index contributed by atoms with van der Waals surface area (Å²) in [5.41, 5.74) is 9.68. The van der Waals surface area contributed by atoms with Crippen LogP contribution in [0.25, 0.3) is 0 Å². The molecule has 2 unspecified atom stereocenters. The maximum atomic E-state index is 13.5. The summed E-state index contributed by atoms with van der Waals surface area (Å²) < 4.78 is 42.3. The van der Waals surface area contributed by atoms with Gasteiger partial charge in [0.2, 0.25) is 0 Å². The van der Waals surface area contributed by atoms with Gasteiger partial charge in [-0.25, -0.2) is 24.2 Å². The molecule has 4 aromatic rings. The van der Waals surface area contributed by atoms with Gasteiger partial charge in [0.1, 0.15) is 71.6 Å². The average Bonchev–Trinajstić information content (AvgIpc) is 3.93. The van der Waals surface area contributed by atoms with Crippen LogP contribution < -0.4 is 20.9 Å². The van der Waals surface area contributed by atoms with E-state index in [0.29, 0.717) is 39.3 Å². The van der Waals surface area contributed by atoms with Crippen molar-refractivity contribution in [3.05, 3.63) is 134 Å². The maximum absolute atomic E-state index is 13.5. The van der Waals surface area contributed by atoms with Crippen LogP contribution in [0, 0.1) is 0 Å². The van der Waals surface area contributed by atoms with Crippen LogP contribution in [-0.4, -0.2) is 138 Å². The number of thioether (sulfide) groups is 2. The zero-order valence-electron chi connectivity index (χ0n) is 40.3. The summed E-state index contributed by atoms with van der Waals surface area (Å²) in [4.78, 5) is 96.4. The number of carbonyl (C=O) groups excluding carboxylic acids is 7. The number of aromatic hydroxyl groups is 1. The fourth-order valence-electron chi connectivity index (χ4n) is 8.13. The first-order valence-electron chi connectivity index (χ1n) is 22.4.